The number of tetrazole rings is 1. The Morgan fingerprint density at radius 1 is 1.09 bits per heavy atom. The Balaban J connectivity index is 1.47. The highest BCUT2D eigenvalue weighted by atomic mass is 32.1. The Labute approximate surface area is 205 Å². The summed E-state index contributed by atoms with van der Waals surface area (Å²) < 4.78 is 5.42. The van der Waals surface area contributed by atoms with Gasteiger partial charge in [0.05, 0.1) is 5.92 Å². The molecule has 1 heterocycles. The van der Waals surface area contributed by atoms with Crippen LogP contribution in [0, 0.1) is 11.8 Å². The molecule has 0 unspecified atom stereocenters. The monoisotopic (exact) mass is 480 g/mol. The van der Waals surface area contributed by atoms with Crippen LogP contribution < -0.4 is 10.6 Å². The van der Waals surface area contributed by atoms with E-state index >= 15 is 0 Å². The van der Waals surface area contributed by atoms with Crippen LogP contribution in [0.5, 0.6) is 0 Å². The Morgan fingerprint density at radius 3 is 2.47 bits per heavy atom. The molecule has 0 bridgehead atoms. The maximum Gasteiger partial charge on any atom is 0.226 e. The number of nitrogens with one attached hydrogen (secondary N) is 3. The van der Waals surface area contributed by atoms with Crippen molar-refractivity contribution < 1.29 is 9.53 Å². The van der Waals surface area contributed by atoms with Gasteiger partial charge >= 0.3 is 0 Å². The fraction of sp³-hybridized carbons (Fsp3) is 0.400. The molecule has 3 N–H and O–H groups in total. The minimum absolute atomic E-state index is 0.0109. The molecule has 0 fully saturated rings. The molecule has 9 heteroatoms. The number of hydrogen-bond acceptors (Lipinski definition) is 7. The summed E-state index contributed by atoms with van der Waals surface area (Å²) in [7, 11) is 0. The van der Waals surface area contributed by atoms with Crippen LogP contribution >= 0.6 is 12.2 Å². The van der Waals surface area contributed by atoms with Gasteiger partial charge in [-0.15, -0.1) is 5.10 Å². The Kier molecular flexibility index (Phi) is 9.66. The van der Waals surface area contributed by atoms with Crippen LogP contribution in [-0.2, 0) is 16.1 Å². The number of nitrogens with zero attached hydrogens (tertiary/aromatic N) is 3. The van der Waals surface area contributed by atoms with E-state index in [9.17, 15) is 4.79 Å². The van der Waals surface area contributed by atoms with Gasteiger partial charge in [0.25, 0.3) is 0 Å². The van der Waals surface area contributed by atoms with Gasteiger partial charge in [-0.3, -0.25) is 4.79 Å². The van der Waals surface area contributed by atoms with E-state index in [1.165, 1.54) is 0 Å². The zero-order valence-electron chi connectivity index (χ0n) is 19.9. The normalized spacial score (nSPS) is 11.9. The van der Waals surface area contributed by atoms with Gasteiger partial charge < -0.3 is 15.4 Å². The molecule has 0 spiro atoms. The molecule has 0 aliphatic heterocycles. The van der Waals surface area contributed by atoms with Gasteiger partial charge in [-0.2, -0.15) is 0 Å². The fourth-order valence-corrected chi connectivity index (χ4v) is 3.77. The van der Waals surface area contributed by atoms with E-state index in [2.05, 4.69) is 75.4 Å². The second kappa shape index (κ2) is 12.9. The highest BCUT2D eigenvalue weighted by Crippen LogP contribution is 2.29. The lowest BCUT2D eigenvalue weighted by atomic mass is 9.97. The molecular weight excluding hydrogens is 448 g/mol. The number of ether oxygens (including phenoxy) is 1. The quantitative estimate of drug-likeness (QED) is 0.268. The third-order valence-electron chi connectivity index (χ3n) is 5.34. The van der Waals surface area contributed by atoms with Gasteiger partial charge in [0.2, 0.25) is 5.91 Å². The van der Waals surface area contributed by atoms with Crippen molar-refractivity contribution in [3.63, 3.8) is 0 Å². The van der Waals surface area contributed by atoms with Gasteiger partial charge in [0.1, 0.15) is 6.61 Å². The van der Waals surface area contributed by atoms with E-state index in [0.29, 0.717) is 43.0 Å². The van der Waals surface area contributed by atoms with E-state index in [1.54, 1.807) is 6.92 Å². The number of carbonyl (C=O) groups excluding carboxylic acids is 1. The third-order valence-corrected chi connectivity index (χ3v) is 5.45. The van der Waals surface area contributed by atoms with E-state index in [-0.39, 0.29) is 11.8 Å². The smallest absolute Gasteiger partial charge is 0.226 e. The first-order valence-corrected chi connectivity index (χ1v) is 11.9. The van der Waals surface area contributed by atoms with E-state index in [1.807, 2.05) is 18.2 Å². The summed E-state index contributed by atoms with van der Waals surface area (Å²) in [5.41, 5.74) is 4.27. The lowest BCUT2D eigenvalue weighted by Gasteiger charge is -2.19. The van der Waals surface area contributed by atoms with Crippen LogP contribution in [0.4, 0.5) is 0 Å². The molecule has 0 saturated heterocycles. The van der Waals surface area contributed by atoms with Crippen LogP contribution in [0.3, 0.4) is 0 Å². The first kappa shape index (κ1) is 25.5. The summed E-state index contributed by atoms with van der Waals surface area (Å²) in [6.45, 7) is 8.20. The lowest BCUT2D eigenvalue weighted by Crippen LogP contribution is -2.38. The van der Waals surface area contributed by atoms with Crippen molar-refractivity contribution in [3.8, 4) is 22.5 Å². The molecule has 2 aromatic carbocycles. The van der Waals surface area contributed by atoms with Crippen LogP contribution in [0.25, 0.3) is 22.5 Å². The van der Waals surface area contributed by atoms with Gasteiger partial charge in [-0.25, -0.2) is 5.10 Å². The summed E-state index contributed by atoms with van der Waals surface area (Å²) in [5.74, 6) is 0.867. The molecule has 180 valence electrons. The Hall–Kier alpha value is -3.17. The number of H-pyrrole nitrogens is 1. The van der Waals surface area contributed by atoms with Crippen molar-refractivity contribution in [2.75, 3.05) is 19.7 Å². The van der Waals surface area contributed by atoms with Crippen molar-refractivity contribution in [2.45, 2.75) is 33.7 Å². The molecule has 34 heavy (non-hydrogen) atoms. The summed E-state index contributed by atoms with van der Waals surface area (Å²) in [5, 5.41) is 21.1. The molecule has 1 aromatic heterocycles. The maximum atomic E-state index is 12.5. The van der Waals surface area contributed by atoms with Crippen molar-refractivity contribution in [1.29, 1.82) is 0 Å². The molecular formula is C25H32N6O2S. The summed E-state index contributed by atoms with van der Waals surface area (Å²) in [4.78, 5) is 12.5. The molecule has 1 atom stereocenters. The molecule has 0 radical (unpaired) electrons. The molecule has 8 nitrogen and oxygen atoms in total. The van der Waals surface area contributed by atoms with Crippen molar-refractivity contribution in [2.24, 2.45) is 11.8 Å². The van der Waals surface area contributed by atoms with Gasteiger partial charge in [0.15, 0.2) is 10.9 Å². The molecule has 0 aliphatic rings. The minimum atomic E-state index is -0.193. The molecule has 0 aliphatic carbocycles. The van der Waals surface area contributed by atoms with Gasteiger partial charge in [-0.1, -0.05) is 62.4 Å². The van der Waals surface area contributed by atoms with E-state index < -0.39 is 0 Å². The number of aromatic amines is 1. The van der Waals surface area contributed by atoms with Crippen molar-refractivity contribution in [3.05, 3.63) is 54.1 Å². The highest BCUT2D eigenvalue weighted by molar-refractivity contribution is 7.80. The van der Waals surface area contributed by atoms with Crippen LogP contribution in [-0.4, -0.2) is 51.3 Å². The zero-order valence-corrected chi connectivity index (χ0v) is 20.7. The summed E-state index contributed by atoms with van der Waals surface area (Å²) in [6, 6.07) is 16.4. The van der Waals surface area contributed by atoms with Gasteiger partial charge in [-0.05, 0) is 51.7 Å². The fourth-order valence-electron chi connectivity index (χ4n) is 3.71. The number of hydrogen-bond donors (Lipinski definition) is 3. The summed E-state index contributed by atoms with van der Waals surface area (Å²) in [6.07, 6.45) is 0.768. The molecule has 3 aromatic rings. The van der Waals surface area contributed by atoms with Crippen LogP contribution in [0.15, 0.2) is 48.5 Å². The van der Waals surface area contributed by atoms with Crippen molar-refractivity contribution >= 4 is 23.2 Å². The standard InChI is InChI=1S/C25H32N6O2S/c1-17(2)14-21(16-33-18(3)34)25(32)27-13-12-26-15-19-8-10-20(11-9-19)22-6-4-5-7-23(22)24-28-30-31-29-24/h4-11,17,21,26H,12-16H2,1-3H3,(H,27,32)(H,28,29,30,31)/t21-/m0/s1. The maximum absolute atomic E-state index is 12.5. The van der Waals surface area contributed by atoms with E-state index in [0.717, 1.165) is 28.7 Å². The lowest BCUT2D eigenvalue weighted by molar-refractivity contribution is -0.126. The number of aromatic nitrogens is 4. The average Bonchev–Trinajstić information content (AvgIpc) is 3.36. The number of rotatable bonds is 12. The largest absolute Gasteiger partial charge is 0.487 e. The predicted octanol–water partition coefficient (Wildman–Crippen LogP) is 3.77. The first-order chi connectivity index (χ1) is 16.4. The van der Waals surface area contributed by atoms with Crippen molar-refractivity contribution in [1.82, 2.24) is 31.3 Å². The number of amides is 1. The molecule has 3 rings (SSSR count). The van der Waals surface area contributed by atoms with Crippen LogP contribution in [0.1, 0.15) is 32.8 Å². The Morgan fingerprint density at radius 2 is 1.82 bits per heavy atom. The second-order valence-electron chi connectivity index (χ2n) is 8.59. The average molecular weight is 481 g/mol. The number of carbonyl (C=O) groups is 1. The molecule has 0 saturated carbocycles. The number of benzene rings is 2. The first-order valence-electron chi connectivity index (χ1n) is 11.5. The zero-order chi connectivity index (χ0) is 24.3. The number of thiocarbonyl (C=S) groups is 1. The molecule has 1 amide bonds. The van der Waals surface area contributed by atoms with Gasteiger partial charge in [0, 0.05) is 32.1 Å². The SMILES string of the molecule is CC(=S)OC[C@H](CC(C)C)C(=O)NCCNCc1ccc(-c2ccccc2-c2nnn[nH]2)cc1. The summed E-state index contributed by atoms with van der Waals surface area (Å²) >= 11 is 4.97. The minimum Gasteiger partial charge on any atom is -0.487 e. The highest BCUT2D eigenvalue weighted by Gasteiger charge is 2.20. The Bertz CT molecular complexity index is 1050. The second-order valence-corrected chi connectivity index (χ2v) is 9.16. The van der Waals surface area contributed by atoms with E-state index in [4.69, 9.17) is 17.0 Å². The topological polar surface area (TPSA) is 105 Å². The third kappa shape index (κ3) is 7.71. The van der Waals surface area contributed by atoms with Crippen LogP contribution in [0.2, 0.25) is 0 Å². The predicted molar refractivity (Wildman–Crippen MR) is 137 cm³/mol.